The van der Waals surface area contributed by atoms with E-state index in [0.29, 0.717) is 6.61 Å². The van der Waals surface area contributed by atoms with Crippen LogP contribution in [0.4, 0.5) is 4.79 Å². The monoisotopic (exact) mass is 251 g/mol. The fourth-order valence-corrected chi connectivity index (χ4v) is 1.74. The SMILES string of the molecule is CCOC(=O)NC(C)(C)Cc1ccc(OC)cc1. The lowest BCUT2D eigenvalue weighted by Gasteiger charge is -2.25. The molecule has 1 N–H and O–H groups in total. The average molecular weight is 251 g/mol. The van der Waals surface area contributed by atoms with Gasteiger partial charge >= 0.3 is 6.09 Å². The van der Waals surface area contributed by atoms with Gasteiger partial charge in [0.05, 0.1) is 13.7 Å². The van der Waals surface area contributed by atoms with Crippen molar-refractivity contribution in [2.75, 3.05) is 13.7 Å². The molecule has 0 aliphatic carbocycles. The summed E-state index contributed by atoms with van der Waals surface area (Å²) in [5.74, 6) is 0.829. The first-order chi connectivity index (χ1) is 8.46. The zero-order valence-electron chi connectivity index (χ0n) is 11.4. The summed E-state index contributed by atoms with van der Waals surface area (Å²) in [7, 11) is 1.64. The van der Waals surface area contributed by atoms with Gasteiger partial charge in [0.2, 0.25) is 0 Å². The number of carbonyl (C=O) groups excluding carboxylic acids is 1. The Morgan fingerprint density at radius 1 is 1.28 bits per heavy atom. The van der Waals surface area contributed by atoms with Crippen LogP contribution in [-0.2, 0) is 11.2 Å². The third-order valence-corrected chi connectivity index (χ3v) is 2.52. The molecule has 0 saturated heterocycles. The molecule has 0 aromatic heterocycles. The van der Waals surface area contributed by atoms with Crippen LogP contribution >= 0.6 is 0 Å². The molecule has 1 aromatic rings. The van der Waals surface area contributed by atoms with Crippen LogP contribution in [0, 0.1) is 0 Å². The van der Waals surface area contributed by atoms with E-state index in [1.165, 1.54) is 0 Å². The first kappa shape index (κ1) is 14.4. The largest absolute Gasteiger partial charge is 0.497 e. The predicted molar refractivity (Wildman–Crippen MR) is 70.9 cm³/mol. The highest BCUT2D eigenvalue weighted by molar-refractivity contribution is 5.68. The highest BCUT2D eigenvalue weighted by Gasteiger charge is 2.21. The minimum atomic E-state index is -0.379. The molecule has 1 rings (SSSR count). The van der Waals surface area contributed by atoms with Crippen molar-refractivity contribution in [2.24, 2.45) is 0 Å². The van der Waals surface area contributed by atoms with E-state index in [1.54, 1.807) is 14.0 Å². The van der Waals surface area contributed by atoms with Crippen molar-refractivity contribution >= 4 is 6.09 Å². The summed E-state index contributed by atoms with van der Waals surface area (Å²) in [6, 6.07) is 7.81. The van der Waals surface area contributed by atoms with Crippen molar-refractivity contribution in [2.45, 2.75) is 32.7 Å². The number of ether oxygens (including phenoxy) is 2. The number of methoxy groups -OCH3 is 1. The predicted octanol–water partition coefficient (Wildman–Crippen LogP) is 2.76. The van der Waals surface area contributed by atoms with Crippen LogP contribution in [0.5, 0.6) is 5.75 Å². The molecule has 0 fully saturated rings. The standard InChI is InChI=1S/C14H21NO3/c1-5-18-13(16)15-14(2,3)10-11-6-8-12(17-4)9-7-11/h6-9H,5,10H2,1-4H3,(H,15,16). The Labute approximate surface area is 108 Å². The Hall–Kier alpha value is -1.71. The Morgan fingerprint density at radius 3 is 2.39 bits per heavy atom. The molecule has 1 aromatic carbocycles. The molecule has 0 heterocycles. The zero-order chi connectivity index (χ0) is 13.6. The molecule has 4 heteroatoms. The lowest BCUT2D eigenvalue weighted by atomic mass is 9.95. The fourth-order valence-electron chi connectivity index (χ4n) is 1.74. The molecule has 100 valence electrons. The number of hydrogen-bond acceptors (Lipinski definition) is 3. The fraction of sp³-hybridized carbons (Fsp3) is 0.500. The summed E-state index contributed by atoms with van der Waals surface area (Å²) in [6.45, 7) is 6.10. The zero-order valence-corrected chi connectivity index (χ0v) is 11.4. The lowest BCUT2D eigenvalue weighted by molar-refractivity contribution is 0.141. The maximum atomic E-state index is 11.4. The quantitative estimate of drug-likeness (QED) is 0.875. The minimum Gasteiger partial charge on any atom is -0.497 e. The molecule has 0 radical (unpaired) electrons. The van der Waals surface area contributed by atoms with Crippen molar-refractivity contribution in [3.8, 4) is 5.75 Å². The van der Waals surface area contributed by atoms with E-state index < -0.39 is 0 Å². The molecule has 0 spiro atoms. The minimum absolute atomic E-state index is 0.346. The number of carbonyl (C=O) groups is 1. The molecule has 4 nitrogen and oxygen atoms in total. The highest BCUT2D eigenvalue weighted by Crippen LogP contribution is 2.16. The summed E-state index contributed by atoms with van der Waals surface area (Å²) >= 11 is 0. The van der Waals surface area contributed by atoms with Crippen molar-refractivity contribution in [3.63, 3.8) is 0 Å². The van der Waals surface area contributed by atoms with Crippen molar-refractivity contribution in [1.29, 1.82) is 0 Å². The summed E-state index contributed by atoms with van der Waals surface area (Å²) in [4.78, 5) is 11.4. The van der Waals surface area contributed by atoms with Gasteiger partial charge in [-0.05, 0) is 44.9 Å². The molecule has 0 saturated carbocycles. The van der Waals surface area contributed by atoms with E-state index >= 15 is 0 Å². The topological polar surface area (TPSA) is 47.6 Å². The van der Waals surface area contributed by atoms with E-state index in [-0.39, 0.29) is 11.6 Å². The van der Waals surface area contributed by atoms with Gasteiger partial charge in [0.25, 0.3) is 0 Å². The van der Waals surface area contributed by atoms with Crippen LogP contribution in [0.25, 0.3) is 0 Å². The van der Waals surface area contributed by atoms with Crippen LogP contribution in [-0.4, -0.2) is 25.3 Å². The molecule has 0 bridgehead atoms. The van der Waals surface area contributed by atoms with E-state index in [4.69, 9.17) is 9.47 Å². The normalized spacial score (nSPS) is 10.9. The molecule has 1 amide bonds. The van der Waals surface area contributed by atoms with Crippen LogP contribution in [0.3, 0.4) is 0 Å². The molecule has 0 aliphatic heterocycles. The van der Waals surface area contributed by atoms with Gasteiger partial charge in [-0.2, -0.15) is 0 Å². The summed E-state index contributed by atoms with van der Waals surface area (Å²) in [5, 5.41) is 2.84. The maximum Gasteiger partial charge on any atom is 0.407 e. The molecule has 18 heavy (non-hydrogen) atoms. The van der Waals surface area contributed by atoms with Gasteiger partial charge in [-0.1, -0.05) is 12.1 Å². The maximum absolute atomic E-state index is 11.4. The van der Waals surface area contributed by atoms with E-state index in [1.807, 2.05) is 38.1 Å². The first-order valence-corrected chi connectivity index (χ1v) is 6.04. The van der Waals surface area contributed by atoms with Gasteiger partial charge in [-0.25, -0.2) is 4.79 Å². The van der Waals surface area contributed by atoms with Crippen LogP contribution < -0.4 is 10.1 Å². The third kappa shape index (κ3) is 4.65. The van der Waals surface area contributed by atoms with Gasteiger partial charge in [0.1, 0.15) is 5.75 Å². The Kier molecular flexibility index (Phi) is 5.01. The van der Waals surface area contributed by atoms with E-state index in [0.717, 1.165) is 17.7 Å². The number of hydrogen-bond donors (Lipinski definition) is 1. The average Bonchev–Trinajstić information content (AvgIpc) is 2.29. The second kappa shape index (κ2) is 6.28. The highest BCUT2D eigenvalue weighted by atomic mass is 16.5. The van der Waals surface area contributed by atoms with Gasteiger partial charge < -0.3 is 14.8 Å². The van der Waals surface area contributed by atoms with Gasteiger partial charge in [-0.3, -0.25) is 0 Å². The summed E-state index contributed by atoms with van der Waals surface area (Å²) in [5.41, 5.74) is 0.790. The number of amides is 1. The Morgan fingerprint density at radius 2 is 1.89 bits per heavy atom. The third-order valence-electron chi connectivity index (χ3n) is 2.52. The van der Waals surface area contributed by atoms with Crippen LogP contribution in [0.2, 0.25) is 0 Å². The molecule has 0 aliphatic rings. The van der Waals surface area contributed by atoms with Crippen molar-refractivity contribution in [1.82, 2.24) is 5.32 Å². The van der Waals surface area contributed by atoms with E-state index in [9.17, 15) is 4.79 Å². The Balaban J connectivity index is 2.60. The summed E-state index contributed by atoms with van der Waals surface area (Å²) < 4.78 is 9.99. The van der Waals surface area contributed by atoms with E-state index in [2.05, 4.69) is 5.32 Å². The lowest BCUT2D eigenvalue weighted by Crippen LogP contribution is -2.45. The van der Waals surface area contributed by atoms with Gasteiger partial charge in [0.15, 0.2) is 0 Å². The second-order valence-electron chi connectivity index (χ2n) is 4.75. The van der Waals surface area contributed by atoms with Crippen LogP contribution in [0.1, 0.15) is 26.3 Å². The molecule has 0 unspecified atom stereocenters. The van der Waals surface area contributed by atoms with Crippen molar-refractivity contribution in [3.05, 3.63) is 29.8 Å². The number of benzene rings is 1. The number of nitrogens with one attached hydrogen (secondary N) is 1. The number of alkyl carbamates (subject to hydrolysis) is 1. The number of rotatable bonds is 5. The van der Waals surface area contributed by atoms with Gasteiger partial charge in [-0.15, -0.1) is 0 Å². The molecular formula is C14H21NO3. The first-order valence-electron chi connectivity index (χ1n) is 6.04. The van der Waals surface area contributed by atoms with Crippen molar-refractivity contribution < 1.29 is 14.3 Å². The molecule has 0 atom stereocenters. The van der Waals surface area contributed by atoms with Crippen LogP contribution in [0.15, 0.2) is 24.3 Å². The van der Waals surface area contributed by atoms with Gasteiger partial charge in [0, 0.05) is 5.54 Å². The summed E-state index contributed by atoms with van der Waals surface area (Å²) in [6.07, 6.45) is 0.353. The second-order valence-corrected chi connectivity index (χ2v) is 4.75. The molecular weight excluding hydrogens is 230 g/mol. The Bertz CT molecular complexity index is 385. The smallest absolute Gasteiger partial charge is 0.407 e.